The van der Waals surface area contributed by atoms with Crippen molar-refractivity contribution in [2.24, 2.45) is 0 Å². The lowest BCUT2D eigenvalue weighted by molar-refractivity contribution is -0.107. The van der Waals surface area contributed by atoms with Gasteiger partial charge in [-0.2, -0.15) is 0 Å². The van der Waals surface area contributed by atoms with Crippen LogP contribution in [0.5, 0.6) is 11.5 Å². The molecule has 0 unspecified atom stereocenters. The Morgan fingerprint density at radius 2 is 0.816 bits per heavy atom. The van der Waals surface area contributed by atoms with Crippen LogP contribution in [-0.2, 0) is 9.59 Å². The summed E-state index contributed by atoms with van der Waals surface area (Å²) in [5.41, 5.74) is 2.50. The molecule has 4 aromatic carbocycles. The second-order valence-electron chi connectivity index (χ2n) is 8.08. The van der Waals surface area contributed by atoms with E-state index >= 15 is 0 Å². The minimum absolute atomic E-state index is 0.175. The molecule has 0 aliphatic carbocycles. The highest BCUT2D eigenvalue weighted by Crippen LogP contribution is 2.21. The van der Waals surface area contributed by atoms with Crippen LogP contribution >= 0.6 is 0 Å². The molecule has 0 N–H and O–H groups in total. The monoisotopic (exact) mass is 502 g/mol. The summed E-state index contributed by atoms with van der Waals surface area (Å²) in [5, 5.41) is 0. The van der Waals surface area contributed by atoms with E-state index in [2.05, 4.69) is 0 Å². The molecule has 6 heteroatoms. The first-order chi connectivity index (χ1) is 18.6. The van der Waals surface area contributed by atoms with Crippen molar-refractivity contribution < 1.29 is 28.7 Å². The van der Waals surface area contributed by atoms with E-state index in [9.17, 15) is 19.2 Å². The van der Waals surface area contributed by atoms with Crippen LogP contribution in [0.1, 0.15) is 31.8 Å². The van der Waals surface area contributed by atoms with E-state index in [1.165, 1.54) is 0 Å². The van der Waals surface area contributed by atoms with Gasteiger partial charge in [0.25, 0.3) is 0 Å². The average molecular weight is 503 g/mol. The summed E-state index contributed by atoms with van der Waals surface area (Å²) < 4.78 is 10.7. The maximum Gasteiger partial charge on any atom is 0.343 e. The molecule has 6 nitrogen and oxygen atoms in total. The van der Waals surface area contributed by atoms with Gasteiger partial charge in [-0.15, -0.1) is 0 Å². The molecule has 0 aliphatic rings. The molecule has 0 aliphatic heterocycles. The van der Waals surface area contributed by atoms with Gasteiger partial charge in [0.15, 0.2) is 12.6 Å². The van der Waals surface area contributed by atoms with Crippen molar-refractivity contribution in [2.45, 2.75) is 0 Å². The van der Waals surface area contributed by atoms with Crippen molar-refractivity contribution in [3.05, 3.63) is 143 Å². The Hall–Kier alpha value is -5.36. The van der Waals surface area contributed by atoms with E-state index in [0.29, 0.717) is 46.3 Å². The Labute approximate surface area is 219 Å². The van der Waals surface area contributed by atoms with Gasteiger partial charge >= 0.3 is 11.9 Å². The quantitative estimate of drug-likeness (QED) is 0.0919. The summed E-state index contributed by atoms with van der Waals surface area (Å²) >= 11 is 0. The third-order valence-corrected chi connectivity index (χ3v) is 5.43. The molecule has 0 aromatic heterocycles. The third kappa shape index (κ3) is 6.86. The molecule has 4 aromatic rings. The molecule has 38 heavy (non-hydrogen) atoms. The van der Waals surface area contributed by atoms with Gasteiger partial charge in [0.1, 0.15) is 11.5 Å². The topological polar surface area (TPSA) is 86.7 Å². The van der Waals surface area contributed by atoms with E-state index < -0.39 is 11.9 Å². The van der Waals surface area contributed by atoms with Gasteiger partial charge in [0, 0.05) is 11.1 Å². The molecular weight excluding hydrogens is 480 g/mol. The first-order valence-electron chi connectivity index (χ1n) is 11.6. The van der Waals surface area contributed by atoms with Gasteiger partial charge in [-0.05, 0) is 71.8 Å². The Morgan fingerprint density at radius 1 is 0.474 bits per heavy atom. The largest absolute Gasteiger partial charge is 0.423 e. The van der Waals surface area contributed by atoms with Crippen molar-refractivity contribution in [1.82, 2.24) is 0 Å². The predicted octanol–water partition coefficient (Wildman–Crippen LogP) is 5.99. The molecule has 0 saturated carbocycles. The van der Waals surface area contributed by atoms with Gasteiger partial charge in [-0.3, -0.25) is 9.59 Å². The van der Waals surface area contributed by atoms with Crippen LogP contribution in [0.4, 0.5) is 0 Å². The molecule has 0 atom stereocenters. The van der Waals surface area contributed by atoms with Crippen LogP contribution in [0.15, 0.2) is 120 Å². The van der Waals surface area contributed by atoms with Crippen LogP contribution in [0.25, 0.3) is 12.2 Å². The fraction of sp³-hybridized carbons (Fsp3) is 0. The lowest BCUT2D eigenvalue weighted by Gasteiger charge is -2.06. The highest BCUT2D eigenvalue weighted by Gasteiger charge is 2.10. The zero-order valence-electron chi connectivity index (χ0n) is 20.2. The first-order valence-corrected chi connectivity index (χ1v) is 11.6. The Morgan fingerprint density at radius 3 is 1.13 bits per heavy atom. The highest BCUT2D eigenvalue weighted by molar-refractivity contribution is 6.02. The third-order valence-electron chi connectivity index (χ3n) is 5.43. The standard InChI is InChI=1S/C32H22O6/c33-21-27(19-23-11-15-29(16-12-23)37-31(35)25-7-3-1-4-8-25)28(22-34)20-24-13-17-30(18-14-24)38-32(36)26-9-5-2-6-10-26/h1-22H/b27-19-,28-20-. The number of aldehydes is 2. The average Bonchev–Trinajstić information content (AvgIpc) is 2.97. The summed E-state index contributed by atoms with van der Waals surface area (Å²) in [6.07, 6.45) is 4.32. The number of allylic oxidation sites excluding steroid dienone is 2. The molecule has 0 bridgehead atoms. The van der Waals surface area contributed by atoms with E-state index in [1.54, 1.807) is 109 Å². The van der Waals surface area contributed by atoms with E-state index in [-0.39, 0.29) is 11.1 Å². The second kappa shape index (κ2) is 12.6. The molecule has 0 heterocycles. The summed E-state index contributed by atoms with van der Waals surface area (Å²) in [6.45, 7) is 0. The highest BCUT2D eigenvalue weighted by atomic mass is 16.5. The van der Waals surface area contributed by atoms with Crippen LogP contribution in [0, 0.1) is 0 Å². The lowest BCUT2D eigenvalue weighted by Crippen LogP contribution is -2.07. The number of rotatable bonds is 9. The number of carbonyl (C=O) groups excluding carboxylic acids is 4. The summed E-state index contributed by atoms with van der Waals surface area (Å²) in [4.78, 5) is 48.0. The predicted molar refractivity (Wildman–Crippen MR) is 144 cm³/mol. The molecular formula is C32H22O6. The van der Waals surface area contributed by atoms with E-state index in [4.69, 9.17) is 9.47 Å². The van der Waals surface area contributed by atoms with Crippen molar-refractivity contribution in [1.29, 1.82) is 0 Å². The van der Waals surface area contributed by atoms with Gasteiger partial charge in [0.05, 0.1) is 11.1 Å². The molecule has 0 spiro atoms. The van der Waals surface area contributed by atoms with Gasteiger partial charge < -0.3 is 9.47 Å². The number of hydrogen-bond acceptors (Lipinski definition) is 6. The van der Waals surface area contributed by atoms with Crippen LogP contribution in [-0.4, -0.2) is 24.5 Å². The van der Waals surface area contributed by atoms with Gasteiger partial charge in [-0.25, -0.2) is 9.59 Å². The minimum atomic E-state index is -0.477. The lowest BCUT2D eigenvalue weighted by atomic mass is 10.0. The number of hydrogen-bond donors (Lipinski definition) is 0. The van der Waals surface area contributed by atoms with Gasteiger partial charge in [-0.1, -0.05) is 60.7 Å². The minimum Gasteiger partial charge on any atom is -0.423 e. The van der Waals surface area contributed by atoms with Crippen molar-refractivity contribution >= 4 is 36.7 Å². The van der Waals surface area contributed by atoms with Crippen molar-refractivity contribution in [3.63, 3.8) is 0 Å². The number of benzene rings is 4. The van der Waals surface area contributed by atoms with Gasteiger partial charge in [0.2, 0.25) is 0 Å². The first kappa shape index (κ1) is 25.7. The van der Waals surface area contributed by atoms with E-state index in [1.807, 2.05) is 12.1 Å². The molecule has 0 amide bonds. The maximum atomic E-state index is 12.2. The fourth-order valence-corrected chi connectivity index (χ4v) is 3.47. The molecule has 186 valence electrons. The fourth-order valence-electron chi connectivity index (χ4n) is 3.47. The zero-order valence-corrected chi connectivity index (χ0v) is 20.2. The van der Waals surface area contributed by atoms with Crippen LogP contribution < -0.4 is 9.47 Å². The molecule has 0 saturated heterocycles. The van der Waals surface area contributed by atoms with Crippen molar-refractivity contribution in [2.75, 3.05) is 0 Å². The van der Waals surface area contributed by atoms with Crippen molar-refractivity contribution in [3.8, 4) is 11.5 Å². The molecule has 0 fully saturated rings. The molecule has 4 rings (SSSR count). The van der Waals surface area contributed by atoms with Crippen LogP contribution in [0.2, 0.25) is 0 Å². The zero-order chi connectivity index (χ0) is 26.7. The summed E-state index contributed by atoms with van der Waals surface area (Å²) in [5.74, 6) is -0.255. The normalized spacial score (nSPS) is 11.4. The Balaban J connectivity index is 1.45. The Bertz CT molecular complexity index is 1370. The second-order valence-corrected chi connectivity index (χ2v) is 8.08. The maximum absolute atomic E-state index is 12.2. The van der Waals surface area contributed by atoms with E-state index in [0.717, 1.165) is 0 Å². The SMILES string of the molecule is O=CC(=C/c1ccc(OC(=O)c2ccccc2)cc1)/C(C=O)=C\c1ccc(OC(=O)c2ccccc2)cc1. The Kier molecular flexibility index (Phi) is 8.50. The number of esters is 2. The van der Waals surface area contributed by atoms with Crippen LogP contribution in [0.3, 0.4) is 0 Å². The summed E-state index contributed by atoms with van der Waals surface area (Å²) in [6, 6.07) is 30.4. The number of ether oxygens (including phenoxy) is 2. The smallest absolute Gasteiger partial charge is 0.343 e. The number of carbonyl (C=O) groups is 4. The summed E-state index contributed by atoms with van der Waals surface area (Å²) in [7, 11) is 0. The molecule has 0 radical (unpaired) electrons.